The quantitative estimate of drug-likeness (QED) is 0.439. The average molecular weight is 471 g/mol. The maximum absolute atomic E-state index is 13.1. The Hall–Kier alpha value is -3.52. The maximum Gasteiger partial charge on any atom is 0.339 e. The Bertz CT molecular complexity index is 1250. The van der Waals surface area contributed by atoms with Crippen LogP contribution in [0.3, 0.4) is 0 Å². The summed E-state index contributed by atoms with van der Waals surface area (Å²) in [6.07, 6.45) is 0. The van der Waals surface area contributed by atoms with Crippen molar-refractivity contribution in [3.05, 3.63) is 89.2 Å². The summed E-state index contributed by atoms with van der Waals surface area (Å²) in [5.41, 5.74) is 1.80. The van der Waals surface area contributed by atoms with Crippen molar-refractivity contribution in [3.63, 3.8) is 0 Å². The van der Waals surface area contributed by atoms with E-state index in [0.29, 0.717) is 5.56 Å². The van der Waals surface area contributed by atoms with Gasteiger partial charge in [-0.25, -0.2) is 22.4 Å². The van der Waals surface area contributed by atoms with Crippen LogP contribution in [0.5, 0.6) is 0 Å². The number of halogens is 1. The van der Waals surface area contributed by atoms with Gasteiger partial charge in [0, 0.05) is 0 Å². The Morgan fingerprint density at radius 3 is 1.82 bits per heavy atom. The van der Waals surface area contributed by atoms with Crippen LogP contribution in [0.2, 0.25) is 0 Å². The van der Waals surface area contributed by atoms with Crippen LogP contribution in [0.1, 0.15) is 40.1 Å². The summed E-state index contributed by atoms with van der Waals surface area (Å²) in [4.78, 5) is 24.6. The van der Waals surface area contributed by atoms with Crippen LogP contribution in [0, 0.1) is 5.82 Å². The molecule has 8 heteroatoms. The number of sulfone groups is 1. The Morgan fingerprint density at radius 1 is 0.758 bits per heavy atom. The van der Waals surface area contributed by atoms with Crippen LogP contribution in [-0.4, -0.2) is 33.6 Å². The molecular weight excluding hydrogens is 447 g/mol. The molecule has 0 N–H and O–H groups in total. The molecule has 0 bridgehead atoms. The third-order valence-corrected chi connectivity index (χ3v) is 6.53. The molecule has 0 atom stereocenters. The van der Waals surface area contributed by atoms with E-state index in [0.717, 1.165) is 11.1 Å². The van der Waals surface area contributed by atoms with Gasteiger partial charge in [0.05, 0.1) is 35.0 Å². The van der Waals surface area contributed by atoms with Crippen molar-refractivity contribution >= 4 is 21.8 Å². The predicted molar refractivity (Wildman–Crippen MR) is 121 cm³/mol. The monoisotopic (exact) mass is 470 g/mol. The highest BCUT2D eigenvalue weighted by molar-refractivity contribution is 7.90. The molecule has 6 nitrogen and oxygen atoms in total. The lowest BCUT2D eigenvalue weighted by Crippen LogP contribution is -2.15. The van der Waals surface area contributed by atoms with Gasteiger partial charge in [0.25, 0.3) is 0 Å². The van der Waals surface area contributed by atoms with E-state index < -0.39 is 21.8 Å². The molecule has 0 aliphatic heterocycles. The zero-order valence-electron chi connectivity index (χ0n) is 18.2. The summed E-state index contributed by atoms with van der Waals surface area (Å²) in [5.74, 6) is -2.15. The van der Waals surface area contributed by atoms with Crippen LogP contribution in [0.4, 0.5) is 4.39 Å². The Balaban J connectivity index is 1.88. The molecule has 3 aromatic rings. The highest BCUT2D eigenvalue weighted by Crippen LogP contribution is 2.24. The van der Waals surface area contributed by atoms with Crippen molar-refractivity contribution in [2.45, 2.75) is 24.5 Å². The van der Waals surface area contributed by atoms with E-state index >= 15 is 0 Å². The zero-order chi connectivity index (χ0) is 24.0. The maximum atomic E-state index is 13.1. The first kappa shape index (κ1) is 24.1. The number of ether oxygens (including phenoxy) is 2. The second kappa shape index (κ2) is 10.4. The van der Waals surface area contributed by atoms with Crippen molar-refractivity contribution in [1.82, 2.24) is 0 Å². The summed E-state index contributed by atoms with van der Waals surface area (Å²) in [5, 5.41) is 0. The number of carbonyl (C=O) groups is 2. The molecule has 0 heterocycles. The number of carbonyl (C=O) groups excluding carboxylic acids is 2. The van der Waals surface area contributed by atoms with Crippen LogP contribution in [-0.2, 0) is 25.1 Å². The predicted octanol–water partition coefficient (Wildman–Crippen LogP) is 4.82. The number of benzene rings is 3. The fourth-order valence-electron chi connectivity index (χ4n) is 3.25. The number of hydrogen-bond donors (Lipinski definition) is 0. The minimum absolute atomic E-state index is 0.0140. The van der Waals surface area contributed by atoms with Gasteiger partial charge in [0.1, 0.15) is 5.82 Å². The normalized spacial score (nSPS) is 11.1. The third kappa shape index (κ3) is 5.84. The Labute approximate surface area is 191 Å². The third-order valence-electron chi connectivity index (χ3n) is 4.82. The van der Waals surface area contributed by atoms with E-state index in [4.69, 9.17) is 9.47 Å². The Morgan fingerprint density at radius 2 is 1.27 bits per heavy atom. The van der Waals surface area contributed by atoms with Crippen LogP contribution in [0.15, 0.2) is 71.6 Å². The first-order valence-corrected chi connectivity index (χ1v) is 12.0. The molecule has 3 aromatic carbocycles. The molecule has 0 spiro atoms. The molecule has 0 aliphatic rings. The Kier molecular flexibility index (Phi) is 7.60. The second-order valence-corrected chi connectivity index (χ2v) is 9.10. The van der Waals surface area contributed by atoms with Crippen molar-refractivity contribution in [1.29, 1.82) is 0 Å². The number of esters is 2. The number of rotatable bonds is 8. The highest BCUT2D eigenvalue weighted by atomic mass is 32.2. The van der Waals surface area contributed by atoms with Crippen molar-refractivity contribution in [2.24, 2.45) is 0 Å². The summed E-state index contributed by atoms with van der Waals surface area (Å²) < 4.78 is 49.0. The van der Waals surface area contributed by atoms with E-state index in [9.17, 15) is 22.4 Å². The highest BCUT2D eigenvalue weighted by Gasteiger charge is 2.22. The largest absolute Gasteiger partial charge is 0.462 e. The van der Waals surface area contributed by atoms with Gasteiger partial charge in [-0.1, -0.05) is 30.3 Å². The van der Waals surface area contributed by atoms with Crippen molar-refractivity contribution in [2.75, 3.05) is 13.2 Å². The SMILES string of the molecule is CCOC(=O)c1ccc(CS(=O)(=O)c2ccc(-c3ccc(F)cc3)cc2)cc1C(=O)OCC. The van der Waals surface area contributed by atoms with Crippen LogP contribution in [0.25, 0.3) is 11.1 Å². The minimum Gasteiger partial charge on any atom is -0.462 e. The fraction of sp³-hybridized carbons (Fsp3) is 0.200. The van der Waals surface area contributed by atoms with Gasteiger partial charge in [-0.05, 0) is 66.9 Å². The molecule has 0 saturated heterocycles. The molecular formula is C25H23FO6S. The molecule has 172 valence electrons. The summed E-state index contributed by atoms with van der Waals surface area (Å²) >= 11 is 0. The lowest BCUT2D eigenvalue weighted by Gasteiger charge is -2.11. The summed E-state index contributed by atoms with van der Waals surface area (Å²) in [7, 11) is -3.75. The molecule has 0 saturated carbocycles. The van der Waals surface area contributed by atoms with Gasteiger partial charge >= 0.3 is 11.9 Å². The first-order valence-electron chi connectivity index (χ1n) is 10.3. The van der Waals surface area contributed by atoms with Gasteiger partial charge < -0.3 is 9.47 Å². The van der Waals surface area contributed by atoms with Crippen molar-refractivity contribution in [3.8, 4) is 11.1 Å². The van der Waals surface area contributed by atoms with E-state index in [1.807, 2.05) is 0 Å². The first-order chi connectivity index (χ1) is 15.7. The van der Waals surface area contributed by atoms with Gasteiger partial charge in [-0.15, -0.1) is 0 Å². The smallest absolute Gasteiger partial charge is 0.339 e. The zero-order valence-corrected chi connectivity index (χ0v) is 19.0. The lowest BCUT2D eigenvalue weighted by molar-refractivity contribution is 0.0479. The summed E-state index contributed by atoms with van der Waals surface area (Å²) in [6, 6.07) is 16.3. The van der Waals surface area contributed by atoms with E-state index in [1.54, 1.807) is 38.1 Å². The number of hydrogen-bond acceptors (Lipinski definition) is 6. The van der Waals surface area contributed by atoms with Gasteiger partial charge in [-0.3, -0.25) is 0 Å². The summed E-state index contributed by atoms with van der Waals surface area (Å²) in [6.45, 7) is 3.51. The van der Waals surface area contributed by atoms with E-state index in [1.165, 1.54) is 42.5 Å². The minimum atomic E-state index is -3.75. The molecule has 33 heavy (non-hydrogen) atoms. The van der Waals surface area contributed by atoms with Crippen molar-refractivity contribution < 1.29 is 31.9 Å². The van der Waals surface area contributed by atoms with Gasteiger partial charge in [0.15, 0.2) is 9.84 Å². The molecule has 0 fully saturated rings. The molecule has 0 amide bonds. The van der Waals surface area contributed by atoms with Gasteiger partial charge in [0.2, 0.25) is 0 Å². The van der Waals surface area contributed by atoms with Gasteiger partial charge in [-0.2, -0.15) is 0 Å². The fourth-order valence-corrected chi connectivity index (χ4v) is 4.58. The molecule has 0 aromatic heterocycles. The van der Waals surface area contributed by atoms with E-state index in [2.05, 4.69) is 0 Å². The molecule has 0 radical (unpaired) electrons. The standard InChI is InChI=1S/C25H23FO6S/c1-3-31-24(27)22-14-5-17(15-23(22)25(28)32-4-2)16-33(29,30)21-12-8-19(9-13-21)18-6-10-20(26)11-7-18/h5-15H,3-4,16H2,1-2H3. The second-order valence-electron chi connectivity index (χ2n) is 7.11. The molecule has 0 unspecified atom stereocenters. The van der Waals surface area contributed by atoms with Crippen LogP contribution >= 0.6 is 0 Å². The average Bonchev–Trinajstić information content (AvgIpc) is 2.79. The van der Waals surface area contributed by atoms with E-state index in [-0.39, 0.29) is 40.8 Å². The molecule has 3 rings (SSSR count). The van der Waals surface area contributed by atoms with Crippen LogP contribution < -0.4 is 0 Å². The lowest BCUT2D eigenvalue weighted by atomic mass is 10.0. The molecule has 0 aliphatic carbocycles. The topological polar surface area (TPSA) is 86.7 Å².